The van der Waals surface area contributed by atoms with Gasteiger partial charge in [-0.05, 0) is 19.1 Å². The van der Waals surface area contributed by atoms with Gasteiger partial charge in [-0.2, -0.15) is 0 Å². The number of imidazole rings is 1. The molecule has 1 aliphatic rings. The van der Waals surface area contributed by atoms with Crippen molar-refractivity contribution in [2.45, 2.75) is 13.5 Å². The summed E-state index contributed by atoms with van der Waals surface area (Å²) < 4.78 is 0. The molecular weight excluding hydrogens is 272 g/mol. The smallest absolute Gasteiger partial charge is 0.139 e. The second-order valence-corrected chi connectivity index (χ2v) is 5.57. The second-order valence-electron chi connectivity index (χ2n) is 5.16. The maximum absolute atomic E-state index is 6.23. The summed E-state index contributed by atoms with van der Waals surface area (Å²) in [5, 5.41) is 4.10. The van der Waals surface area contributed by atoms with Gasteiger partial charge in [0, 0.05) is 44.0 Å². The van der Waals surface area contributed by atoms with Gasteiger partial charge in [-0.25, -0.2) is 4.98 Å². The first-order chi connectivity index (χ1) is 9.74. The summed E-state index contributed by atoms with van der Waals surface area (Å²) in [6.45, 7) is 7.24. The number of rotatable bonds is 3. The van der Waals surface area contributed by atoms with Gasteiger partial charge in [0.05, 0.1) is 10.7 Å². The summed E-state index contributed by atoms with van der Waals surface area (Å²) in [6.07, 6.45) is 0. The van der Waals surface area contributed by atoms with Gasteiger partial charge in [0.1, 0.15) is 5.82 Å². The molecule has 0 radical (unpaired) electrons. The maximum Gasteiger partial charge on any atom is 0.139 e. The molecule has 1 aliphatic heterocycles. The quantitative estimate of drug-likeness (QED) is 0.912. The Bertz CT molecular complexity index is 587. The molecule has 0 amide bonds. The molecule has 1 aromatic carbocycles. The Morgan fingerprint density at radius 2 is 2.00 bits per heavy atom. The molecule has 0 saturated carbocycles. The fourth-order valence-electron chi connectivity index (χ4n) is 2.51. The van der Waals surface area contributed by atoms with Crippen LogP contribution in [0.25, 0.3) is 11.4 Å². The zero-order valence-electron chi connectivity index (χ0n) is 11.6. The molecule has 0 aliphatic carbocycles. The maximum atomic E-state index is 6.23. The highest BCUT2D eigenvalue weighted by Crippen LogP contribution is 2.26. The number of halogens is 1. The van der Waals surface area contributed by atoms with Crippen molar-refractivity contribution in [2.24, 2.45) is 0 Å². The molecule has 0 bridgehead atoms. The Balaban J connectivity index is 1.82. The van der Waals surface area contributed by atoms with Crippen LogP contribution in [-0.4, -0.2) is 41.0 Å². The van der Waals surface area contributed by atoms with Crippen molar-refractivity contribution in [3.63, 3.8) is 0 Å². The Hall–Kier alpha value is -1.36. The Labute approximate surface area is 124 Å². The first-order valence-corrected chi connectivity index (χ1v) is 7.35. The van der Waals surface area contributed by atoms with Crippen LogP contribution < -0.4 is 5.32 Å². The van der Waals surface area contributed by atoms with Crippen molar-refractivity contribution < 1.29 is 0 Å². The number of aryl methyl sites for hydroxylation is 1. The highest BCUT2D eigenvalue weighted by atomic mass is 35.5. The minimum atomic E-state index is 0.731. The number of nitrogens with one attached hydrogen (secondary N) is 2. The highest BCUT2D eigenvalue weighted by Gasteiger charge is 2.15. The topological polar surface area (TPSA) is 44.0 Å². The highest BCUT2D eigenvalue weighted by molar-refractivity contribution is 6.33. The van der Waals surface area contributed by atoms with Gasteiger partial charge in [-0.1, -0.05) is 23.7 Å². The van der Waals surface area contributed by atoms with Crippen molar-refractivity contribution >= 4 is 11.6 Å². The van der Waals surface area contributed by atoms with Crippen LogP contribution in [0.5, 0.6) is 0 Å². The van der Waals surface area contributed by atoms with Gasteiger partial charge >= 0.3 is 0 Å². The molecule has 20 heavy (non-hydrogen) atoms. The normalized spacial score (nSPS) is 16.5. The van der Waals surface area contributed by atoms with Crippen LogP contribution in [0.4, 0.5) is 0 Å². The lowest BCUT2D eigenvalue weighted by Crippen LogP contribution is -2.43. The lowest BCUT2D eigenvalue weighted by atomic mass is 10.2. The van der Waals surface area contributed by atoms with Gasteiger partial charge in [0.25, 0.3) is 0 Å². The monoisotopic (exact) mass is 290 g/mol. The van der Waals surface area contributed by atoms with Crippen molar-refractivity contribution in [3.05, 3.63) is 40.7 Å². The molecule has 0 atom stereocenters. The van der Waals surface area contributed by atoms with E-state index < -0.39 is 0 Å². The molecule has 1 aromatic heterocycles. The Kier molecular flexibility index (Phi) is 4.05. The fraction of sp³-hybridized carbons (Fsp3) is 0.400. The number of H-pyrrole nitrogens is 1. The Morgan fingerprint density at radius 3 is 2.75 bits per heavy atom. The number of aromatic amines is 1. The van der Waals surface area contributed by atoms with E-state index in [-0.39, 0.29) is 0 Å². The van der Waals surface area contributed by atoms with E-state index in [2.05, 4.69) is 22.1 Å². The minimum absolute atomic E-state index is 0.731. The third-order valence-electron chi connectivity index (χ3n) is 3.70. The SMILES string of the molecule is Cc1[nH]c(-c2ccccc2Cl)nc1CN1CCNCC1. The predicted molar refractivity (Wildman–Crippen MR) is 81.9 cm³/mol. The molecule has 4 nitrogen and oxygen atoms in total. The summed E-state index contributed by atoms with van der Waals surface area (Å²) in [4.78, 5) is 10.5. The van der Waals surface area contributed by atoms with Gasteiger partial charge < -0.3 is 10.3 Å². The van der Waals surface area contributed by atoms with E-state index in [0.717, 1.165) is 60.5 Å². The fourth-order valence-corrected chi connectivity index (χ4v) is 2.74. The zero-order valence-corrected chi connectivity index (χ0v) is 12.4. The van der Waals surface area contributed by atoms with E-state index in [1.54, 1.807) is 0 Å². The average Bonchev–Trinajstić information content (AvgIpc) is 2.81. The van der Waals surface area contributed by atoms with Gasteiger partial charge in [0.2, 0.25) is 0 Å². The van der Waals surface area contributed by atoms with E-state index >= 15 is 0 Å². The van der Waals surface area contributed by atoms with E-state index in [1.807, 2.05) is 24.3 Å². The summed E-state index contributed by atoms with van der Waals surface area (Å²) in [5.74, 6) is 0.859. The Morgan fingerprint density at radius 1 is 1.25 bits per heavy atom. The number of nitrogens with zero attached hydrogens (tertiary/aromatic N) is 2. The van der Waals surface area contributed by atoms with Crippen LogP contribution >= 0.6 is 11.6 Å². The third-order valence-corrected chi connectivity index (χ3v) is 4.03. The van der Waals surface area contributed by atoms with Crippen LogP contribution in [0, 0.1) is 6.92 Å². The molecule has 3 rings (SSSR count). The summed E-state index contributed by atoms with van der Waals surface area (Å²) in [6, 6.07) is 7.80. The van der Waals surface area contributed by atoms with E-state index in [1.165, 1.54) is 0 Å². The minimum Gasteiger partial charge on any atom is -0.342 e. The first kappa shape index (κ1) is 13.6. The number of hydrogen-bond donors (Lipinski definition) is 2. The van der Waals surface area contributed by atoms with Crippen LogP contribution in [0.1, 0.15) is 11.4 Å². The first-order valence-electron chi connectivity index (χ1n) is 6.97. The van der Waals surface area contributed by atoms with Crippen LogP contribution in [0.15, 0.2) is 24.3 Å². The van der Waals surface area contributed by atoms with E-state index in [4.69, 9.17) is 16.6 Å². The van der Waals surface area contributed by atoms with Crippen LogP contribution in [-0.2, 0) is 6.54 Å². The van der Waals surface area contributed by atoms with Crippen molar-refractivity contribution in [1.29, 1.82) is 0 Å². The van der Waals surface area contributed by atoms with Crippen LogP contribution in [0.2, 0.25) is 5.02 Å². The zero-order chi connectivity index (χ0) is 13.9. The molecule has 2 aromatic rings. The number of aromatic nitrogens is 2. The number of piperazine rings is 1. The van der Waals surface area contributed by atoms with Crippen molar-refractivity contribution in [2.75, 3.05) is 26.2 Å². The predicted octanol–water partition coefficient (Wildman–Crippen LogP) is 2.44. The third kappa shape index (κ3) is 2.87. The molecule has 1 fully saturated rings. The lowest BCUT2D eigenvalue weighted by molar-refractivity contribution is 0.230. The van der Waals surface area contributed by atoms with Gasteiger partial charge in [-0.15, -0.1) is 0 Å². The standard InChI is InChI=1S/C15H19ClN4/c1-11-14(10-20-8-6-17-7-9-20)19-15(18-11)12-4-2-3-5-13(12)16/h2-5,17H,6-10H2,1H3,(H,18,19). The summed E-state index contributed by atoms with van der Waals surface area (Å²) in [7, 11) is 0. The van der Waals surface area contributed by atoms with Crippen LogP contribution in [0.3, 0.4) is 0 Å². The molecule has 0 spiro atoms. The molecular formula is C15H19ClN4. The number of benzene rings is 1. The molecule has 106 valence electrons. The molecule has 1 saturated heterocycles. The van der Waals surface area contributed by atoms with Crippen molar-refractivity contribution in [3.8, 4) is 11.4 Å². The molecule has 0 unspecified atom stereocenters. The summed E-state index contributed by atoms with van der Waals surface area (Å²) in [5.41, 5.74) is 3.20. The summed E-state index contributed by atoms with van der Waals surface area (Å²) >= 11 is 6.23. The van der Waals surface area contributed by atoms with Crippen molar-refractivity contribution in [1.82, 2.24) is 20.2 Å². The van der Waals surface area contributed by atoms with E-state index in [9.17, 15) is 0 Å². The largest absolute Gasteiger partial charge is 0.342 e. The lowest BCUT2D eigenvalue weighted by Gasteiger charge is -2.26. The molecule has 2 heterocycles. The van der Waals surface area contributed by atoms with E-state index in [0.29, 0.717) is 0 Å². The van der Waals surface area contributed by atoms with Gasteiger partial charge in [-0.3, -0.25) is 4.90 Å². The second kappa shape index (κ2) is 5.95. The molecule has 2 N–H and O–H groups in total. The average molecular weight is 291 g/mol. The molecule has 5 heteroatoms. The number of hydrogen-bond acceptors (Lipinski definition) is 3. The van der Waals surface area contributed by atoms with Gasteiger partial charge in [0.15, 0.2) is 0 Å².